The summed E-state index contributed by atoms with van der Waals surface area (Å²) in [5.74, 6) is -0.306. The first-order valence-corrected chi connectivity index (χ1v) is 6.41. The zero-order valence-electron chi connectivity index (χ0n) is 11.6. The summed E-state index contributed by atoms with van der Waals surface area (Å²) in [5, 5.41) is 2.62. The highest BCUT2D eigenvalue weighted by atomic mass is 19.1. The van der Waals surface area contributed by atoms with Gasteiger partial charge >= 0.3 is 0 Å². The number of nitrogens with one attached hydrogen (secondary N) is 1. The Bertz CT molecular complexity index is 435. The third kappa shape index (κ3) is 4.87. The standard InChI is InChI=1S/C14H21FN2O2/c1-4-19-13-6-5-10(7-11(13)15)17-14(18)8-12(16)9(2)3/h5-7,9,12H,4,8,16H2,1-3H3,(H,17,18). The minimum Gasteiger partial charge on any atom is -0.491 e. The van der Waals surface area contributed by atoms with Crippen LogP contribution in [0.15, 0.2) is 18.2 Å². The number of amides is 1. The van der Waals surface area contributed by atoms with E-state index in [0.717, 1.165) is 0 Å². The van der Waals surface area contributed by atoms with Gasteiger partial charge in [-0.3, -0.25) is 4.79 Å². The van der Waals surface area contributed by atoms with Gasteiger partial charge in [0.1, 0.15) is 0 Å². The van der Waals surface area contributed by atoms with E-state index in [2.05, 4.69) is 5.32 Å². The van der Waals surface area contributed by atoms with Gasteiger partial charge in [0.25, 0.3) is 0 Å². The molecule has 1 rings (SSSR count). The minimum atomic E-state index is -0.493. The van der Waals surface area contributed by atoms with Gasteiger partial charge in [-0.05, 0) is 25.0 Å². The van der Waals surface area contributed by atoms with Gasteiger partial charge in [-0.2, -0.15) is 0 Å². The highest BCUT2D eigenvalue weighted by molar-refractivity contribution is 5.91. The summed E-state index contributed by atoms with van der Waals surface area (Å²) >= 11 is 0. The summed E-state index contributed by atoms with van der Waals surface area (Å²) in [5.41, 5.74) is 6.21. The summed E-state index contributed by atoms with van der Waals surface area (Å²) in [7, 11) is 0. The van der Waals surface area contributed by atoms with Crippen molar-refractivity contribution in [2.24, 2.45) is 11.7 Å². The Morgan fingerprint density at radius 3 is 2.68 bits per heavy atom. The average Bonchev–Trinajstić information content (AvgIpc) is 2.32. The monoisotopic (exact) mass is 268 g/mol. The number of benzene rings is 1. The largest absolute Gasteiger partial charge is 0.491 e. The van der Waals surface area contributed by atoms with Crippen molar-refractivity contribution in [3.05, 3.63) is 24.0 Å². The quantitative estimate of drug-likeness (QED) is 0.833. The fraction of sp³-hybridized carbons (Fsp3) is 0.500. The second-order valence-electron chi connectivity index (χ2n) is 4.74. The summed E-state index contributed by atoms with van der Waals surface area (Å²) in [4.78, 5) is 11.7. The zero-order chi connectivity index (χ0) is 14.4. The van der Waals surface area contributed by atoms with Crippen molar-refractivity contribution in [2.75, 3.05) is 11.9 Å². The number of hydrogen-bond donors (Lipinski definition) is 2. The molecule has 1 atom stereocenters. The third-order valence-corrected chi connectivity index (χ3v) is 2.79. The molecule has 0 heterocycles. The number of halogens is 1. The van der Waals surface area contributed by atoms with E-state index in [-0.39, 0.29) is 30.0 Å². The molecule has 0 saturated heterocycles. The summed E-state index contributed by atoms with van der Waals surface area (Å²) in [6, 6.07) is 4.14. The highest BCUT2D eigenvalue weighted by Gasteiger charge is 2.13. The number of nitrogens with two attached hydrogens (primary N) is 1. The Morgan fingerprint density at radius 1 is 1.47 bits per heavy atom. The van der Waals surface area contributed by atoms with Crippen LogP contribution in [0.1, 0.15) is 27.2 Å². The molecule has 0 aliphatic carbocycles. The molecule has 106 valence electrons. The fourth-order valence-electron chi connectivity index (χ4n) is 1.51. The molecule has 1 amide bonds. The van der Waals surface area contributed by atoms with Crippen LogP contribution >= 0.6 is 0 Å². The molecule has 0 fully saturated rings. The minimum absolute atomic E-state index is 0.180. The molecule has 0 aliphatic heterocycles. The van der Waals surface area contributed by atoms with Crippen LogP contribution < -0.4 is 15.8 Å². The molecule has 1 aromatic carbocycles. The van der Waals surface area contributed by atoms with Crippen LogP contribution in [0.2, 0.25) is 0 Å². The van der Waals surface area contributed by atoms with Gasteiger partial charge in [-0.25, -0.2) is 4.39 Å². The molecule has 1 unspecified atom stereocenters. The van der Waals surface area contributed by atoms with E-state index in [9.17, 15) is 9.18 Å². The van der Waals surface area contributed by atoms with E-state index in [0.29, 0.717) is 12.3 Å². The van der Waals surface area contributed by atoms with E-state index in [4.69, 9.17) is 10.5 Å². The number of hydrogen-bond acceptors (Lipinski definition) is 3. The van der Waals surface area contributed by atoms with Crippen molar-refractivity contribution in [1.29, 1.82) is 0 Å². The maximum Gasteiger partial charge on any atom is 0.225 e. The maximum atomic E-state index is 13.6. The van der Waals surface area contributed by atoms with Crippen molar-refractivity contribution in [3.63, 3.8) is 0 Å². The van der Waals surface area contributed by atoms with Crippen LogP contribution in [0.25, 0.3) is 0 Å². The first-order valence-electron chi connectivity index (χ1n) is 6.41. The molecule has 5 heteroatoms. The number of rotatable bonds is 6. The van der Waals surface area contributed by atoms with Gasteiger partial charge in [0, 0.05) is 24.2 Å². The number of anilines is 1. The molecule has 0 bridgehead atoms. The molecule has 19 heavy (non-hydrogen) atoms. The lowest BCUT2D eigenvalue weighted by molar-refractivity contribution is -0.116. The lowest BCUT2D eigenvalue weighted by Gasteiger charge is -2.15. The van der Waals surface area contributed by atoms with Crippen LogP contribution in [0.4, 0.5) is 10.1 Å². The maximum absolute atomic E-state index is 13.6. The Hall–Kier alpha value is -1.62. The van der Waals surface area contributed by atoms with Gasteiger partial charge in [0.15, 0.2) is 11.6 Å². The molecular weight excluding hydrogens is 247 g/mol. The smallest absolute Gasteiger partial charge is 0.225 e. The predicted octanol–water partition coefficient (Wildman–Crippen LogP) is 2.54. The van der Waals surface area contributed by atoms with E-state index in [1.807, 2.05) is 13.8 Å². The van der Waals surface area contributed by atoms with Crippen molar-refractivity contribution in [1.82, 2.24) is 0 Å². The molecule has 4 nitrogen and oxygen atoms in total. The topological polar surface area (TPSA) is 64.3 Å². The summed E-state index contributed by atoms with van der Waals surface area (Å²) < 4.78 is 18.7. The molecule has 1 aromatic rings. The van der Waals surface area contributed by atoms with Crippen molar-refractivity contribution < 1.29 is 13.9 Å². The van der Waals surface area contributed by atoms with Gasteiger partial charge < -0.3 is 15.8 Å². The number of carbonyl (C=O) groups is 1. The van der Waals surface area contributed by atoms with Crippen LogP contribution in [-0.4, -0.2) is 18.6 Å². The van der Waals surface area contributed by atoms with Crippen LogP contribution in [0, 0.1) is 11.7 Å². The Labute approximate surface area is 113 Å². The molecule has 0 radical (unpaired) electrons. The molecule has 0 saturated carbocycles. The number of carbonyl (C=O) groups excluding carboxylic acids is 1. The molecule has 0 aliphatic rings. The van der Waals surface area contributed by atoms with Gasteiger partial charge in [-0.15, -0.1) is 0 Å². The second-order valence-corrected chi connectivity index (χ2v) is 4.74. The highest BCUT2D eigenvalue weighted by Crippen LogP contribution is 2.21. The van der Waals surface area contributed by atoms with Gasteiger partial charge in [0.05, 0.1) is 6.61 Å². The van der Waals surface area contributed by atoms with Crippen LogP contribution in [-0.2, 0) is 4.79 Å². The molecule has 0 aromatic heterocycles. The van der Waals surface area contributed by atoms with E-state index < -0.39 is 5.82 Å². The second kappa shape index (κ2) is 7.09. The van der Waals surface area contributed by atoms with Crippen molar-refractivity contribution >= 4 is 11.6 Å². The zero-order valence-corrected chi connectivity index (χ0v) is 11.6. The first kappa shape index (κ1) is 15.4. The molecule has 3 N–H and O–H groups in total. The summed E-state index contributed by atoms with van der Waals surface area (Å²) in [6.45, 7) is 6.08. The van der Waals surface area contributed by atoms with Crippen LogP contribution in [0.5, 0.6) is 5.75 Å². The van der Waals surface area contributed by atoms with E-state index >= 15 is 0 Å². The van der Waals surface area contributed by atoms with Gasteiger partial charge in [-0.1, -0.05) is 13.8 Å². The predicted molar refractivity (Wildman–Crippen MR) is 73.6 cm³/mol. The lowest BCUT2D eigenvalue weighted by atomic mass is 10.0. The third-order valence-electron chi connectivity index (χ3n) is 2.79. The van der Waals surface area contributed by atoms with Crippen molar-refractivity contribution in [3.8, 4) is 5.75 Å². The molecule has 0 spiro atoms. The first-order chi connectivity index (χ1) is 8.93. The van der Waals surface area contributed by atoms with Crippen molar-refractivity contribution in [2.45, 2.75) is 33.2 Å². The Morgan fingerprint density at radius 2 is 2.16 bits per heavy atom. The van der Waals surface area contributed by atoms with E-state index in [1.54, 1.807) is 13.0 Å². The normalized spacial score (nSPS) is 12.3. The summed E-state index contributed by atoms with van der Waals surface area (Å²) in [6.07, 6.45) is 0.215. The molecular formula is C14H21FN2O2. The fourth-order valence-corrected chi connectivity index (χ4v) is 1.51. The Balaban J connectivity index is 2.62. The number of ether oxygens (including phenoxy) is 1. The van der Waals surface area contributed by atoms with E-state index in [1.165, 1.54) is 12.1 Å². The van der Waals surface area contributed by atoms with Crippen LogP contribution in [0.3, 0.4) is 0 Å². The SMILES string of the molecule is CCOc1ccc(NC(=O)CC(N)C(C)C)cc1F. The average molecular weight is 268 g/mol. The van der Waals surface area contributed by atoms with Gasteiger partial charge in [0.2, 0.25) is 5.91 Å². The lowest BCUT2D eigenvalue weighted by Crippen LogP contribution is -2.31. The Kier molecular flexibility index (Phi) is 5.76.